The molecule has 23 heavy (non-hydrogen) atoms. The van der Waals surface area contributed by atoms with E-state index in [9.17, 15) is 4.39 Å². The number of pyridine rings is 1. The first-order valence-electron chi connectivity index (χ1n) is 7.24. The fourth-order valence-corrected chi connectivity index (χ4v) is 2.08. The third-order valence-electron chi connectivity index (χ3n) is 3.64. The van der Waals surface area contributed by atoms with E-state index < -0.39 is 0 Å². The Kier molecular flexibility index (Phi) is 4.02. The van der Waals surface area contributed by atoms with Gasteiger partial charge in [0.2, 0.25) is 5.88 Å². The third kappa shape index (κ3) is 3.18. The second kappa shape index (κ2) is 6.12. The molecule has 5 heteroatoms. The van der Waals surface area contributed by atoms with Crippen LogP contribution in [0.15, 0.2) is 42.7 Å². The Balaban J connectivity index is 2.01. The number of benzene rings is 1. The van der Waals surface area contributed by atoms with Gasteiger partial charge in [0, 0.05) is 35.3 Å². The Labute approximate surface area is 134 Å². The first-order valence-corrected chi connectivity index (χ1v) is 7.24. The van der Waals surface area contributed by atoms with E-state index in [1.807, 2.05) is 26.0 Å². The molecule has 0 radical (unpaired) electrons. The van der Waals surface area contributed by atoms with E-state index in [1.165, 1.54) is 6.07 Å². The lowest BCUT2D eigenvalue weighted by atomic mass is 10.2. The number of nitrogens with zero attached hydrogens (tertiary/aromatic N) is 3. The lowest BCUT2D eigenvalue weighted by Gasteiger charge is -2.12. The monoisotopic (exact) mass is 309 g/mol. The molecule has 2 aromatic heterocycles. The van der Waals surface area contributed by atoms with Crippen LogP contribution in [0.25, 0.3) is 11.4 Å². The number of hydrogen-bond donors (Lipinski definition) is 0. The van der Waals surface area contributed by atoms with Crippen LogP contribution >= 0.6 is 0 Å². The van der Waals surface area contributed by atoms with Crippen molar-refractivity contribution in [2.24, 2.45) is 0 Å². The van der Waals surface area contributed by atoms with Crippen molar-refractivity contribution < 1.29 is 9.13 Å². The molecule has 116 valence electrons. The van der Waals surface area contributed by atoms with Gasteiger partial charge in [-0.3, -0.25) is 4.98 Å². The van der Waals surface area contributed by atoms with Gasteiger partial charge >= 0.3 is 0 Å². The molecule has 0 aliphatic carbocycles. The maximum atomic E-state index is 13.7. The minimum absolute atomic E-state index is 0.305. The maximum Gasteiger partial charge on any atom is 0.226 e. The van der Waals surface area contributed by atoms with E-state index in [4.69, 9.17) is 4.74 Å². The number of rotatable bonds is 3. The molecule has 0 aliphatic heterocycles. The fourth-order valence-electron chi connectivity index (χ4n) is 2.08. The highest BCUT2D eigenvalue weighted by Gasteiger charge is 2.12. The predicted octanol–water partition coefficient (Wildman–Crippen LogP) is 4.40. The van der Waals surface area contributed by atoms with Crippen molar-refractivity contribution in [3.05, 3.63) is 65.4 Å². The summed E-state index contributed by atoms with van der Waals surface area (Å²) < 4.78 is 19.5. The van der Waals surface area contributed by atoms with Crippen molar-refractivity contribution in [3.8, 4) is 23.0 Å². The van der Waals surface area contributed by atoms with E-state index in [0.717, 1.165) is 16.8 Å². The molecule has 0 saturated heterocycles. The molecule has 2 heterocycles. The highest BCUT2D eigenvalue weighted by molar-refractivity contribution is 5.55. The van der Waals surface area contributed by atoms with Crippen LogP contribution in [0.2, 0.25) is 0 Å². The highest BCUT2D eigenvalue weighted by Crippen LogP contribution is 2.28. The van der Waals surface area contributed by atoms with Crippen LogP contribution in [-0.2, 0) is 0 Å². The summed E-state index contributed by atoms with van der Waals surface area (Å²) in [6, 6.07) is 8.43. The van der Waals surface area contributed by atoms with Gasteiger partial charge in [-0.05, 0) is 44.5 Å². The molecular formula is C18H16FN3O. The average molecular weight is 309 g/mol. The molecule has 1 aromatic carbocycles. The Morgan fingerprint density at radius 3 is 2.39 bits per heavy atom. The second-order valence-electron chi connectivity index (χ2n) is 5.31. The molecule has 0 fully saturated rings. The van der Waals surface area contributed by atoms with E-state index in [-0.39, 0.29) is 5.82 Å². The summed E-state index contributed by atoms with van der Waals surface area (Å²) in [6.07, 6.45) is 3.37. The molecule has 3 aromatic rings. The van der Waals surface area contributed by atoms with Crippen LogP contribution in [0.5, 0.6) is 11.6 Å². The average Bonchev–Trinajstić information content (AvgIpc) is 2.56. The summed E-state index contributed by atoms with van der Waals surface area (Å²) >= 11 is 0. The number of hydrogen-bond acceptors (Lipinski definition) is 4. The van der Waals surface area contributed by atoms with E-state index in [0.29, 0.717) is 23.0 Å². The summed E-state index contributed by atoms with van der Waals surface area (Å²) in [5.41, 5.74) is 3.06. The lowest BCUT2D eigenvalue weighted by molar-refractivity contribution is 0.452. The highest BCUT2D eigenvalue weighted by atomic mass is 19.1. The van der Waals surface area contributed by atoms with Crippen molar-refractivity contribution >= 4 is 0 Å². The number of aryl methyl sites for hydroxylation is 2. The van der Waals surface area contributed by atoms with Crippen LogP contribution in [-0.4, -0.2) is 15.0 Å². The molecule has 0 saturated carbocycles. The first-order chi connectivity index (χ1) is 11.0. The van der Waals surface area contributed by atoms with Crippen molar-refractivity contribution in [3.63, 3.8) is 0 Å². The quantitative estimate of drug-likeness (QED) is 0.719. The molecule has 4 nitrogen and oxygen atoms in total. The van der Waals surface area contributed by atoms with Crippen molar-refractivity contribution in [1.29, 1.82) is 0 Å². The Morgan fingerprint density at radius 2 is 1.70 bits per heavy atom. The largest absolute Gasteiger partial charge is 0.439 e. The normalized spacial score (nSPS) is 10.6. The van der Waals surface area contributed by atoms with Crippen LogP contribution < -0.4 is 4.74 Å². The standard InChI is InChI=1S/C18H16FN3O/c1-11-4-5-15(10-16(11)19)23-18-12(2)13(3)21-17(22-18)14-6-8-20-9-7-14/h4-10H,1-3H3. The van der Waals surface area contributed by atoms with Gasteiger partial charge in [-0.2, -0.15) is 4.98 Å². The Hall–Kier alpha value is -2.82. The molecule has 0 bridgehead atoms. The van der Waals surface area contributed by atoms with Crippen molar-refractivity contribution in [1.82, 2.24) is 15.0 Å². The SMILES string of the molecule is Cc1ccc(Oc2nc(-c3ccncc3)nc(C)c2C)cc1F. The van der Waals surface area contributed by atoms with Gasteiger partial charge in [0.25, 0.3) is 0 Å². The lowest BCUT2D eigenvalue weighted by Crippen LogP contribution is -2.00. The molecule has 0 spiro atoms. The molecular weight excluding hydrogens is 293 g/mol. The van der Waals surface area contributed by atoms with Crippen LogP contribution in [0, 0.1) is 26.6 Å². The zero-order valence-electron chi connectivity index (χ0n) is 13.2. The summed E-state index contributed by atoms with van der Waals surface area (Å²) in [6.45, 7) is 5.48. The molecule has 0 atom stereocenters. The fraction of sp³-hybridized carbons (Fsp3) is 0.167. The minimum atomic E-state index is -0.305. The molecule has 0 unspecified atom stereocenters. The van der Waals surface area contributed by atoms with Crippen LogP contribution in [0.3, 0.4) is 0 Å². The van der Waals surface area contributed by atoms with Gasteiger partial charge in [0.05, 0.1) is 0 Å². The number of halogens is 1. The summed E-state index contributed by atoms with van der Waals surface area (Å²) in [5.74, 6) is 1.08. The maximum absolute atomic E-state index is 13.7. The van der Waals surface area contributed by atoms with Crippen molar-refractivity contribution in [2.45, 2.75) is 20.8 Å². The first kappa shape index (κ1) is 15.1. The Morgan fingerprint density at radius 1 is 0.957 bits per heavy atom. The second-order valence-corrected chi connectivity index (χ2v) is 5.31. The van der Waals surface area contributed by atoms with E-state index in [2.05, 4.69) is 15.0 Å². The smallest absolute Gasteiger partial charge is 0.226 e. The summed E-state index contributed by atoms with van der Waals surface area (Å²) in [7, 11) is 0. The summed E-state index contributed by atoms with van der Waals surface area (Å²) in [5, 5.41) is 0. The molecule has 0 amide bonds. The van der Waals surface area contributed by atoms with Crippen LogP contribution in [0.1, 0.15) is 16.8 Å². The topological polar surface area (TPSA) is 47.9 Å². The van der Waals surface area contributed by atoms with Gasteiger partial charge in [0.1, 0.15) is 11.6 Å². The van der Waals surface area contributed by atoms with Crippen LogP contribution in [0.4, 0.5) is 4.39 Å². The molecule has 3 rings (SSSR count). The van der Waals surface area contributed by atoms with Gasteiger partial charge in [0.15, 0.2) is 5.82 Å². The molecule has 0 N–H and O–H groups in total. The summed E-state index contributed by atoms with van der Waals surface area (Å²) in [4.78, 5) is 12.9. The third-order valence-corrected chi connectivity index (χ3v) is 3.64. The van der Waals surface area contributed by atoms with E-state index >= 15 is 0 Å². The van der Waals surface area contributed by atoms with Crippen molar-refractivity contribution in [2.75, 3.05) is 0 Å². The van der Waals surface area contributed by atoms with E-state index in [1.54, 1.807) is 31.5 Å². The minimum Gasteiger partial charge on any atom is -0.439 e. The zero-order chi connectivity index (χ0) is 16.4. The predicted molar refractivity (Wildman–Crippen MR) is 85.9 cm³/mol. The molecule has 0 aliphatic rings. The zero-order valence-corrected chi connectivity index (χ0v) is 13.2. The Bertz CT molecular complexity index is 850. The number of ether oxygens (including phenoxy) is 1. The van der Waals surface area contributed by atoms with Gasteiger partial charge in [-0.15, -0.1) is 0 Å². The van der Waals surface area contributed by atoms with Gasteiger partial charge < -0.3 is 4.74 Å². The van der Waals surface area contributed by atoms with Gasteiger partial charge in [-0.25, -0.2) is 9.37 Å². The number of aromatic nitrogens is 3. The van der Waals surface area contributed by atoms with Gasteiger partial charge in [-0.1, -0.05) is 6.07 Å².